The maximum atomic E-state index is 11.3. The standard InChI is InChI=1S/C21H22BrN7O.C8H7N3O3/c22-19-9-15(11-28-6-4-16(23)5-7-28)20-21(25-12-26-29(19)20)27-17-3-1-2-14(8-17)18-10-24-13-30-18;1-4-5(8(13)14)2-11-6(4)7(12)9-3-10-11/h1-3,8-10,12-13,16H,4-7,11,23H2,(H,25,26,27);2-3H,1H3,(H,13,14)(H,9,10,12). The smallest absolute Gasteiger partial charge is 0.337 e. The lowest BCUT2D eigenvalue weighted by Crippen LogP contribution is -2.39. The number of aromatic carboxylic acids is 1. The number of nitrogens with zero attached hydrogens (tertiary/aromatic N) is 7. The van der Waals surface area contributed by atoms with Crippen molar-refractivity contribution >= 4 is 44.4 Å². The minimum absolute atomic E-state index is 0.0919. The zero-order valence-corrected chi connectivity index (χ0v) is 25.2. The third kappa shape index (κ3) is 5.97. The van der Waals surface area contributed by atoms with Gasteiger partial charge in [-0.3, -0.25) is 9.69 Å². The normalized spacial score (nSPS) is 14.1. The Balaban J connectivity index is 0.000000205. The van der Waals surface area contributed by atoms with E-state index >= 15 is 0 Å². The molecule has 1 fully saturated rings. The number of aryl methyl sites for hydroxylation is 1. The highest BCUT2D eigenvalue weighted by Gasteiger charge is 2.20. The van der Waals surface area contributed by atoms with Gasteiger partial charge in [-0.15, -0.1) is 0 Å². The fraction of sp³-hybridized carbons (Fsp3) is 0.241. The lowest BCUT2D eigenvalue weighted by Gasteiger charge is -2.29. The van der Waals surface area contributed by atoms with Crippen molar-refractivity contribution in [2.24, 2.45) is 5.73 Å². The van der Waals surface area contributed by atoms with E-state index < -0.39 is 5.97 Å². The number of aromatic amines is 1. The number of likely N-dealkylation sites (tertiary alicyclic amines) is 1. The molecule has 15 heteroatoms. The van der Waals surface area contributed by atoms with E-state index in [9.17, 15) is 9.59 Å². The lowest BCUT2D eigenvalue weighted by atomic mass is 10.1. The van der Waals surface area contributed by atoms with Crippen LogP contribution in [-0.2, 0) is 6.54 Å². The van der Waals surface area contributed by atoms with Crippen LogP contribution in [0.5, 0.6) is 0 Å². The van der Waals surface area contributed by atoms with Gasteiger partial charge in [-0.1, -0.05) is 12.1 Å². The number of anilines is 2. The van der Waals surface area contributed by atoms with Gasteiger partial charge in [-0.05, 0) is 78.1 Å². The van der Waals surface area contributed by atoms with Gasteiger partial charge in [0, 0.05) is 30.0 Å². The van der Waals surface area contributed by atoms with Gasteiger partial charge in [0.25, 0.3) is 5.56 Å². The number of carbonyl (C=O) groups is 1. The summed E-state index contributed by atoms with van der Waals surface area (Å²) in [5, 5.41) is 20.5. The average Bonchev–Trinajstić information content (AvgIpc) is 3.74. The van der Waals surface area contributed by atoms with Gasteiger partial charge < -0.3 is 25.6 Å². The molecule has 14 nitrogen and oxygen atoms in total. The highest BCUT2D eigenvalue weighted by atomic mass is 79.9. The number of H-pyrrole nitrogens is 1. The molecule has 44 heavy (non-hydrogen) atoms. The van der Waals surface area contributed by atoms with Crippen LogP contribution in [0.3, 0.4) is 0 Å². The molecule has 6 heterocycles. The number of piperidine rings is 1. The predicted octanol–water partition coefficient (Wildman–Crippen LogP) is 3.84. The van der Waals surface area contributed by atoms with Crippen LogP contribution < -0.4 is 16.6 Å². The van der Waals surface area contributed by atoms with Crippen molar-refractivity contribution in [1.29, 1.82) is 0 Å². The van der Waals surface area contributed by atoms with E-state index in [4.69, 9.17) is 15.3 Å². The Labute approximate surface area is 258 Å². The van der Waals surface area contributed by atoms with Crippen LogP contribution in [0.2, 0.25) is 0 Å². The number of carboxylic acids is 1. The molecule has 1 saturated heterocycles. The monoisotopic (exact) mass is 660 g/mol. The number of benzene rings is 1. The van der Waals surface area contributed by atoms with Gasteiger partial charge >= 0.3 is 5.97 Å². The van der Waals surface area contributed by atoms with Crippen molar-refractivity contribution in [2.45, 2.75) is 32.4 Å². The first-order chi connectivity index (χ1) is 21.3. The van der Waals surface area contributed by atoms with E-state index in [-0.39, 0.29) is 16.6 Å². The van der Waals surface area contributed by atoms with Crippen LogP contribution in [0, 0.1) is 6.92 Å². The molecule has 0 radical (unpaired) electrons. The Morgan fingerprint density at radius 3 is 2.77 bits per heavy atom. The van der Waals surface area contributed by atoms with E-state index in [2.05, 4.69) is 57.4 Å². The summed E-state index contributed by atoms with van der Waals surface area (Å²) < 4.78 is 9.46. The van der Waals surface area contributed by atoms with Crippen molar-refractivity contribution in [1.82, 2.24) is 39.1 Å². The summed E-state index contributed by atoms with van der Waals surface area (Å²) >= 11 is 3.64. The van der Waals surface area contributed by atoms with Crippen molar-refractivity contribution < 1.29 is 14.3 Å². The summed E-state index contributed by atoms with van der Waals surface area (Å²) in [6.07, 6.45) is 9.30. The molecule has 0 atom stereocenters. The molecule has 6 aromatic rings. The zero-order chi connectivity index (χ0) is 30.8. The van der Waals surface area contributed by atoms with E-state index in [0.717, 1.165) is 65.4 Å². The third-order valence-electron chi connectivity index (χ3n) is 7.52. The Morgan fingerprint density at radius 1 is 1.23 bits per heavy atom. The molecule has 5 N–H and O–H groups in total. The number of rotatable bonds is 6. The largest absolute Gasteiger partial charge is 0.478 e. The summed E-state index contributed by atoms with van der Waals surface area (Å²) in [7, 11) is 0. The van der Waals surface area contributed by atoms with E-state index in [0.29, 0.717) is 11.6 Å². The van der Waals surface area contributed by atoms with E-state index in [1.165, 1.54) is 29.0 Å². The minimum Gasteiger partial charge on any atom is -0.478 e. The fourth-order valence-electron chi connectivity index (χ4n) is 5.27. The van der Waals surface area contributed by atoms with Crippen molar-refractivity contribution in [3.63, 3.8) is 0 Å². The van der Waals surface area contributed by atoms with Gasteiger partial charge in [0.1, 0.15) is 28.3 Å². The number of hydrogen-bond donors (Lipinski definition) is 4. The van der Waals surface area contributed by atoms with Crippen molar-refractivity contribution in [3.05, 3.63) is 93.4 Å². The molecule has 226 valence electrons. The third-order valence-corrected chi connectivity index (χ3v) is 8.09. The number of fused-ring (bicyclic) bond motifs is 2. The molecule has 0 bridgehead atoms. The SMILES string of the molecule is Cc1c(C(=O)O)cn2nc[nH]c(=O)c12.NC1CCN(Cc2cc(Br)n3ncnc(Nc4cccc(-c5cnco5)c4)c23)CC1. The maximum Gasteiger partial charge on any atom is 0.337 e. The Hall–Kier alpha value is -4.86. The number of nitrogens with one attached hydrogen (secondary N) is 2. The number of nitrogens with two attached hydrogens (primary N) is 1. The Kier molecular flexibility index (Phi) is 8.23. The molecule has 1 aromatic carbocycles. The topological polar surface area (TPSA) is 185 Å². The Morgan fingerprint density at radius 2 is 2.05 bits per heavy atom. The highest BCUT2D eigenvalue weighted by Crippen LogP contribution is 2.30. The molecular weight excluding hydrogens is 632 g/mol. The van der Waals surface area contributed by atoms with Gasteiger partial charge in [0.05, 0.1) is 11.8 Å². The molecule has 1 aliphatic rings. The van der Waals surface area contributed by atoms with Crippen molar-refractivity contribution in [2.75, 3.05) is 18.4 Å². The van der Waals surface area contributed by atoms with Crippen LogP contribution >= 0.6 is 15.9 Å². The average molecular weight is 662 g/mol. The summed E-state index contributed by atoms with van der Waals surface area (Å²) in [5.74, 6) is 0.419. The van der Waals surface area contributed by atoms with Gasteiger partial charge in [-0.25, -0.2) is 23.8 Å². The van der Waals surface area contributed by atoms with Crippen molar-refractivity contribution in [3.8, 4) is 11.3 Å². The highest BCUT2D eigenvalue weighted by molar-refractivity contribution is 9.10. The minimum atomic E-state index is -1.06. The molecular formula is C29H29BrN10O4. The van der Waals surface area contributed by atoms with Gasteiger partial charge in [-0.2, -0.15) is 10.2 Å². The summed E-state index contributed by atoms with van der Waals surface area (Å²) in [5.41, 5.74) is 10.5. The summed E-state index contributed by atoms with van der Waals surface area (Å²) in [6, 6.07) is 10.4. The van der Waals surface area contributed by atoms with E-state index in [1.54, 1.807) is 19.4 Å². The first-order valence-corrected chi connectivity index (χ1v) is 14.6. The fourth-order valence-corrected chi connectivity index (χ4v) is 5.81. The lowest BCUT2D eigenvalue weighted by molar-refractivity contribution is 0.0696. The first kappa shape index (κ1) is 29.2. The quantitative estimate of drug-likeness (QED) is 0.203. The number of halogens is 1. The molecule has 0 aliphatic carbocycles. The predicted molar refractivity (Wildman–Crippen MR) is 166 cm³/mol. The molecule has 1 aliphatic heterocycles. The molecule has 0 spiro atoms. The summed E-state index contributed by atoms with van der Waals surface area (Å²) in [6.45, 7) is 4.43. The Bertz CT molecular complexity index is 1990. The molecule has 0 amide bonds. The first-order valence-electron chi connectivity index (χ1n) is 13.8. The molecule has 7 rings (SSSR count). The summed E-state index contributed by atoms with van der Waals surface area (Å²) in [4.78, 5) is 35.4. The zero-order valence-electron chi connectivity index (χ0n) is 23.6. The second kappa shape index (κ2) is 12.4. The second-order valence-electron chi connectivity index (χ2n) is 10.4. The van der Waals surface area contributed by atoms with E-state index in [1.807, 2.05) is 28.8 Å². The number of hydrogen-bond acceptors (Lipinski definition) is 10. The number of carboxylic acid groups (broad SMARTS) is 1. The maximum absolute atomic E-state index is 11.3. The van der Waals surface area contributed by atoms with Crippen LogP contribution in [0.1, 0.15) is 34.3 Å². The van der Waals surface area contributed by atoms with Crippen LogP contribution in [-0.4, -0.2) is 69.3 Å². The molecule has 5 aromatic heterocycles. The number of aromatic nitrogens is 7. The van der Waals surface area contributed by atoms with Gasteiger partial charge in [0.2, 0.25) is 0 Å². The van der Waals surface area contributed by atoms with Crippen LogP contribution in [0.25, 0.3) is 22.4 Å². The van der Waals surface area contributed by atoms with Gasteiger partial charge in [0.15, 0.2) is 18.0 Å². The molecule has 0 unspecified atom stereocenters. The van der Waals surface area contributed by atoms with Crippen LogP contribution in [0.15, 0.2) is 75.6 Å². The van der Waals surface area contributed by atoms with Crippen LogP contribution in [0.4, 0.5) is 11.5 Å². The second-order valence-corrected chi connectivity index (χ2v) is 11.2. The molecule has 0 saturated carbocycles. The number of oxazole rings is 1.